The van der Waals surface area contributed by atoms with Gasteiger partial charge in [0.25, 0.3) is 0 Å². The molecular weight excluding hydrogens is 349 g/mol. The van der Waals surface area contributed by atoms with Crippen LogP contribution in [0.4, 0.5) is 27.4 Å². The van der Waals surface area contributed by atoms with Crippen molar-refractivity contribution < 1.29 is 14.3 Å². The van der Waals surface area contributed by atoms with Crippen LogP contribution in [0.2, 0.25) is 5.02 Å². The van der Waals surface area contributed by atoms with E-state index in [0.717, 1.165) is 0 Å². The molecule has 4 N–H and O–H groups in total. The number of benzene rings is 1. The fraction of sp³-hybridized carbons (Fsp3) is 0.312. The van der Waals surface area contributed by atoms with Crippen molar-refractivity contribution in [2.75, 3.05) is 29.0 Å². The highest BCUT2D eigenvalue weighted by Crippen LogP contribution is 2.32. The Hall–Kier alpha value is -2.61. The van der Waals surface area contributed by atoms with E-state index >= 15 is 0 Å². The Bertz CT molecular complexity index is 796. The van der Waals surface area contributed by atoms with Crippen molar-refractivity contribution >= 4 is 40.6 Å². The summed E-state index contributed by atoms with van der Waals surface area (Å²) < 4.78 is 13.3. The van der Waals surface area contributed by atoms with Gasteiger partial charge in [-0.15, -0.1) is 0 Å². The molecule has 1 saturated heterocycles. The molecule has 2 aromatic rings. The molecule has 1 aromatic carbocycles. The number of carboxylic acid groups (broad SMARTS) is 1. The second kappa shape index (κ2) is 7.10. The van der Waals surface area contributed by atoms with E-state index in [1.165, 1.54) is 24.5 Å². The SMILES string of the molecule is Nc1c(Nc2ccc(F)c(Cl)c2)ncnc1N1CCC(C(=O)O)CC1. The van der Waals surface area contributed by atoms with Crippen molar-refractivity contribution in [2.45, 2.75) is 12.8 Å². The van der Waals surface area contributed by atoms with Gasteiger partial charge < -0.3 is 21.1 Å². The Kier molecular flexibility index (Phi) is 4.89. The van der Waals surface area contributed by atoms with Gasteiger partial charge >= 0.3 is 5.97 Å². The minimum Gasteiger partial charge on any atom is -0.481 e. The van der Waals surface area contributed by atoms with Crippen molar-refractivity contribution in [3.05, 3.63) is 35.4 Å². The Balaban J connectivity index is 1.78. The molecule has 7 nitrogen and oxygen atoms in total. The molecule has 0 aliphatic carbocycles. The largest absolute Gasteiger partial charge is 0.481 e. The van der Waals surface area contributed by atoms with Crippen molar-refractivity contribution in [1.82, 2.24) is 9.97 Å². The van der Waals surface area contributed by atoms with E-state index < -0.39 is 11.8 Å². The van der Waals surface area contributed by atoms with Crippen LogP contribution < -0.4 is 16.0 Å². The van der Waals surface area contributed by atoms with Gasteiger partial charge in [-0.1, -0.05) is 11.6 Å². The van der Waals surface area contributed by atoms with Crippen LogP contribution in [0, 0.1) is 11.7 Å². The molecule has 1 aromatic heterocycles. The summed E-state index contributed by atoms with van der Waals surface area (Å²) in [6.45, 7) is 1.11. The second-order valence-electron chi connectivity index (χ2n) is 5.81. The number of halogens is 2. The molecule has 1 aliphatic heterocycles. The lowest BCUT2D eigenvalue weighted by atomic mass is 9.97. The van der Waals surface area contributed by atoms with Crippen LogP contribution in [0.3, 0.4) is 0 Å². The second-order valence-corrected chi connectivity index (χ2v) is 6.22. The molecule has 132 valence electrons. The van der Waals surface area contributed by atoms with Gasteiger partial charge in [-0.25, -0.2) is 14.4 Å². The van der Waals surface area contributed by atoms with E-state index in [0.29, 0.717) is 48.9 Å². The van der Waals surface area contributed by atoms with E-state index in [1.807, 2.05) is 4.90 Å². The third-order valence-electron chi connectivity index (χ3n) is 4.19. The average Bonchev–Trinajstić information content (AvgIpc) is 2.60. The highest BCUT2D eigenvalue weighted by molar-refractivity contribution is 6.31. The standard InChI is InChI=1S/C16H17ClFN5O2/c17-11-7-10(1-2-12(11)18)22-14-13(19)15(21-8-20-14)23-5-3-9(4-6-23)16(24)25/h1-2,7-9H,3-6,19H2,(H,24,25)(H,20,21,22). The molecule has 1 fully saturated rings. The molecule has 0 spiro atoms. The number of hydrogen-bond acceptors (Lipinski definition) is 6. The Morgan fingerprint density at radius 2 is 2.08 bits per heavy atom. The number of hydrogen-bond donors (Lipinski definition) is 3. The van der Waals surface area contributed by atoms with Crippen LogP contribution >= 0.6 is 11.6 Å². The molecule has 0 saturated carbocycles. The van der Waals surface area contributed by atoms with E-state index in [9.17, 15) is 9.18 Å². The van der Waals surface area contributed by atoms with Gasteiger partial charge in [-0.2, -0.15) is 0 Å². The van der Waals surface area contributed by atoms with Gasteiger partial charge in [0.1, 0.15) is 17.8 Å². The minimum absolute atomic E-state index is 0.00593. The number of anilines is 4. The van der Waals surface area contributed by atoms with Crippen LogP contribution in [0.1, 0.15) is 12.8 Å². The Morgan fingerprint density at radius 3 is 2.72 bits per heavy atom. The molecule has 0 atom stereocenters. The zero-order valence-electron chi connectivity index (χ0n) is 13.2. The first-order chi connectivity index (χ1) is 12.0. The van der Waals surface area contributed by atoms with Crippen LogP contribution in [-0.4, -0.2) is 34.1 Å². The molecule has 1 aliphatic rings. The monoisotopic (exact) mass is 365 g/mol. The maximum atomic E-state index is 13.3. The summed E-state index contributed by atoms with van der Waals surface area (Å²) in [5.41, 5.74) is 7.06. The summed E-state index contributed by atoms with van der Waals surface area (Å²) >= 11 is 5.78. The molecule has 9 heteroatoms. The molecule has 0 radical (unpaired) electrons. The maximum Gasteiger partial charge on any atom is 0.306 e. The highest BCUT2D eigenvalue weighted by Gasteiger charge is 2.26. The number of carboxylic acids is 1. The van der Waals surface area contributed by atoms with E-state index in [-0.39, 0.29) is 10.9 Å². The van der Waals surface area contributed by atoms with E-state index in [4.69, 9.17) is 22.4 Å². The predicted octanol–water partition coefficient (Wildman–Crippen LogP) is 2.90. The van der Waals surface area contributed by atoms with Crippen LogP contribution in [0.5, 0.6) is 0 Å². The van der Waals surface area contributed by atoms with Crippen LogP contribution in [-0.2, 0) is 4.79 Å². The normalized spacial score (nSPS) is 15.2. The lowest BCUT2D eigenvalue weighted by molar-refractivity contribution is -0.142. The maximum absolute atomic E-state index is 13.3. The molecule has 3 rings (SSSR count). The predicted molar refractivity (Wildman–Crippen MR) is 93.7 cm³/mol. The molecular formula is C16H17ClFN5O2. The fourth-order valence-corrected chi connectivity index (χ4v) is 2.97. The average molecular weight is 366 g/mol. The number of nitrogens with two attached hydrogens (primary N) is 1. The third-order valence-corrected chi connectivity index (χ3v) is 4.48. The molecule has 0 bridgehead atoms. The van der Waals surface area contributed by atoms with Gasteiger partial charge in [0.15, 0.2) is 11.6 Å². The molecule has 0 unspecified atom stereocenters. The first-order valence-corrected chi connectivity index (χ1v) is 8.14. The summed E-state index contributed by atoms with van der Waals surface area (Å²) in [4.78, 5) is 21.3. The zero-order chi connectivity index (χ0) is 18.0. The van der Waals surface area contributed by atoms with Gasteiger partial charge in [-0.3, -0.25) is 4.79 Å². The summed E-state index contributed by atoms with van der Waals surface area (Å²) in [5, 5.41) is 12.1. The smallest absolute Gasteiger partial charge is 0.306 e. The highest BCUT2D eigenvalue weighted by atomic mass is 35.5. The van der Waals surface area contributed by atoms with Crippen molar-refractivity contribution in [3.8, 4) is 0 Å². The van der Waals surface area contributed by atoms with Crippen LogP contribution in [0.15, 0.2) is 24.5 Å². The number of aliphatic carboxylic acids is 1. The molecule has 0 amide bonds. The number of nitrogen functional groups attached to an aromatic ring is 1. The topological polar surface area (TPSA) is 104 Å². The van der Waals surface area contributed by atoms with Gasteiger partial charge in [0.05, 0.1) is 10.9 Å². The summed E-state index contributed by atoms with van der Waals surface area (Å²) in [6, 6.07) is 4.22. The summed E-state index contributed by atoms with van der Waals surface area (Å²) in [6.07, 6.45) is 2.45. The molecule has 25 heavy (non-hydrogen) atoms. The number of nitrogens with zero attached hydrogens (tertiary/aromatic N) is 3. The van der Waals surface area contributed by atoms with Gasteiger partial charge in [-0.05, 0) is 31.0 Å². The quantitative estimate of drug-likeness (QED) is 0.765. The van der Waals surface area contributed by atoms with Crippen molar-refractivity contribution in [3.63, 3.8) is 0 Å². The third kappa shape index (κ3) is 3.74. The number of aromatic nitrogens is 2. The number of carbonyl (C=O) groups is 1. The van der Waals surface area contributed by atoms with Gasteiger partial charge in [0.2, 0.25) is 0 Å². The minimum atomic E-state index is -0.772. The fourth-order valence-electron chi connectivity index (χ4n) is 2.79. The summed E-state index contributed by atoms with van der Waals surface area (Å²) in [5.74, 6) is -0.684. The Morgan fingerprint density at radius 1 is 1.36 bits per heavy atom. The molecule has 2 heterocycles. The number of nitrogens with one attached hydrogen (secondary N) is 1. The van der Waals surface area contributed by atoms with Crippen molar-refractivity contribution in [2.24, 2.45) is 5.92 Å². The first-order valence-electron chi connectivity index (χ1n) is 7.76. The zero-order valence-corrected chi connectivity index (χ0v) is 14.0. The lowest BCUT2D eigenvalue weighted by Gasteiger charge is -2.31. The summed E-state index contributed by atoms with van der Waals surface area (Å²) in [7, 11) is 0. The van der Waals surface area contributed by atoms with Crippen LogP contribution in [0.25, 0.3) is 0 Å². The lowest BCUT2D eigenvalue weighted by Crippen LogP contribution is -2.37. The van der Waals surface area contributed by atoms with E-state index in [2.05, 4.69) is 15.3 Å². The van der Waals surface area contributed by atoms with Gasteiger partial charge in [0, 0.05) is 18.8 Å². The Labute approximate surface area is 148 Å². The number of piperidine rings is 1. The van der Waals surface area contributed by atoms with Crippen molar-refractivity contribution in [1.29, 1.82) is 0 Å². The number of rotatable bonds is 4. The van der Waals surface area contributed by atoms with E-state index in [1.54, 1.807) is 0 Å². The first kappa shape index (κ1) is 17.2.